The van der Waals surface area contributed by atoms with E-state index in [4.69, 9.17) is 0 Å². The van der Waals surface area contributed by atoms with Crippen LogP contribution in [0.1, 0.15) is 17.3 Å². The second kappa shape index (κ2) is 6.57. The molecule has 0 saturated heterocycles. The summed E-state index contributed by atoms with van der Waals surface area (Å²) in [4.78, 5) is 5.68. The van der Waals surface area contributed by atoms with Crippen LogP contribution < -0.4 is 5.32 Å². The lowest BCUT2D eigenvalue weighted by Crippen LogP contribution is -2.19. The SMILES string of the molecule is CNC(Cc1ccccn1)c1ccc(SC)cc1. The highest BCUT2D eigenvalue weighted by Gasteiger charge is 2.10. The van der Waals surface area contributed by atoms with Gasteiger partial charge in [-0.25, -0.2) is 0 Å². The molecule has 0 aliphatic rings. The molecule has 0 amide bonds. The van der Waals surface area contributed by atoms with Crippen LogP contribution in [0.5, 0.6) is 0 Å². The van der Waals surface area contributed by atoms with Gasteiger partial charge in [-0.05, 0) is 43.1 Å². The lowest BCUT2D eigenvalue weighted by molar-refractivity contribution is 0.584. The van der Waals surface area contributed by atoms with E-state index in [1.807, 2.05) is 25.4 Å². The molecule has 0 aliphatic carbocycles. The van der Waals surface area contributed by atoms with Crippen molar-refractivity contribution in [1.29, 1.82) is 0 Å². The first-order valence-corrected chi connectivity index (χ1v) is 7.27. The van der Waals surface area contributed by atoms with Crippen molar-refractivity contribution in [2.45, 2.75) is 17.4 Å². The van der Waals surface area contributed by atoms with Gasteiger partial charge in [-0.15, -0.1) is 11.8 Å². The van der Waals surface area contributed by atoms with Crippen LogP contribution >= 0.6 is 11.8 Å². The Morgan fingerprint density at radius 3 is 2.50 bits per heavy atom. The third kappa shape index (κ3) is 3.34. The number of benzene rings is 1. The third-order valence-corrected chi connectivity index (χ3v) is 3.75. The Hall–Kier alpha value is -1.32. The van der Waals surface area contributed by atoms with Crippen LogP contribution in [-0.2, 0) is 6.42 Å². The largest absolute Gasteiger partial charge is 0.313 e. The molecule has 0 fully saturated rings. The molecule has 0 bridgehead atoms. The molecule has 0 saturated carbocycles. The summed E-state index contributed by atoms with van der Waals surface area (Å²) in [6.45, 7) is 0. The monoisotopic (exact) mass is 258 g/mol. The Morgan fingerprint density at radius 2 is 1.94 bits per heavy atom. The minimum atomic E-state index is 0.316. The number of nitrogens with zero attached hydrogens (tertiary/aromatic N) is 1. The zero-order chi connectivity index (χ0) is 12.8. The summed E-state index contributed by atoms with van der Waals surface area (Å²) in [5.74, 6) is 0. The normalized spacial score (nSPS) is 12.3. The third-order valence-electron chi connectivity index (χ3n) is 3.01. The first-order valence-electron chi connectivity index (χ1n) is 6.04. The first-order chi connectivity index (χ1) is 8.83. The fraction of sp³-hybridized carbons (Fsp3) is 0.267. The van der Waals surface area contributed by atoms with Crippen LogP contribution in [-0.4, -0.2) is 18.3 Å². The van der Waals surface area contributed by atoms with Gasteiger partial charge in [0.05, 0.1) is 0 Å². The maximum atomic E-state index is 4.38. The standard InChI is InChI=1S/C15H18N2S/c1-16-15(11-13-5-3-4-10-17-13)12-6-8-14(18-2)9-7-12/h3-10,15-16H,11H2,1-2H3. The molecular weight excluding hydrogens is 240 g/mol. The summed E-state index contributed by atoms with van der Waals surface area (Å²) < 4.78 is 0. The van der Waals surface area contributed by atoms with Crippen molar-refractivity contribution in [3.05, 3.63) is 59.9 Å². The smallest absolute Gasteiger partial charge is 0.0422 e. The van der Waals surface area contributed by atoms with Gasteiger partial charge in [0.1, 0.15) is 0 Å². The lowest BCUT2D eigenvalue weighted by atomic mass is 10.0. The van der Waals surface area contributed by atoms with Crippen molar-refractivity contribution < 1.29 is 0 Å². The predicted molar refractivity (Wildman–Crippen MR) is 78.0 cm³/mol. The summed E-state index contributed by atoms with van der Waals surface area (Å²) in [6.07, 6.45) is 4.85. The second-order valence-corrected chi connectivity index (χ2v) is 5.02. The molecule has 2 aromatic rings. The van der Waals surface area contributed by atoms with Crippen LogP contribution in [0.15, 0.2) is 53.6 Å². The highest BCUT2D eigenvalue weighted by Crippen LogP contribution is 2.21. The number of hydrogen-bond acceptors (Lipinski definition) is 3. The van der Waals surface area contributed by atoms with Gasteiger partial charge in [0, 0.05) is 29.2 Å². The molecule has 1 aromatic carbocycles. The van der Waals surface area contributed by atoms with Gasteiger partial charge in [0.2, 0.25) is 0 Å². The van der Waals surface area contributed by atoms with Gasteiger partial charge in [-0.1, -0.05) is 18.2 Å². The molecule has 1 heterocycles. The molecule has 1 atom stereocenters. The summed E-state index contributed by atoms with van der Waals surface area (Å²) in [7, 11) is 2.00. The Balaban J connectivity index is 2.12. The highest BCUT2D eigenvalue weighted by molar-refractivity contribution is 7.98. The van der Waals surface area contributed by atoms with Crippen LogP contribution in [0.4, 0.5) is 0 Å². The van der Waals surface area contributed by atoms with Crippen LogP contribution in [0.25, 0.3) is 0 Å². The Morgan fingerprint density at radius 1 is 1.17 bits per heavy atom. The minimum absolute atomic E-state index is 0.316. The fourth-order valence-electron chi connectivity index (χ4n) is 1.95. The maximum absolute atomic E-state index is 4.38. The molecule has 2 rings (SSSR count). The first kappa shape index (κ1) is 13.1. The van der Waals surface area contributed by atoms with E-state index in [2.05, 4.69) is 46.9 Å². The van der Waals surface area contributed by atoms with Gasteiger partial charge in [0.15, 0.2) is 0 Å². The number of aromatic nitrogens is 1. The van der Waals surface area contributed by atoms with Gasteiger partial charge >= 0.3 is 0 Å². The number of thioether (sulfide) groups is 1. The van der Waals surface area contributed by atoms with Gasteiger partial charge in [0.25, 0.3) is 0 Å². The molecule has 1 N–H and O–H groups in total. The molecule has 3 heteroatoms. The van der Waals surface area contributed by atoms with Crippen molar-refractivity contribution in [2.24, 2.45) is 0 Å². The molecule has 0 radical (unpaired) electrons. The number of likely N-dealkylation sites (N-methyl/N-ethyl adjacent to an activating group) is 1. The van der Waals surface area contributed by atoms with Crippen molar-refractivity contribution in [2.75, 3.05) is 13.3 Å². The van der Waals surface area contributed by atoms with Crippen molar-refractivity contribution in [3.8, 4) is 0 Å². The predicted octanol–water partition coefficient (Wildman–Crippen LogP) is 3.31. The lowest BCUT2D eigenvalue weighted by Gasteiger charge is -2.16. The topological polar surface area (TPSA) is 24.9 Å². The summed E-state index contributed by atoms with van der Waals surface area (Å²) in [5.41, 5.74) is 2.42. The molecule has 18 heavy (non-hydrogen) atoms. The summed E-state index contributed by atoms with van der Waals surface area (Å²) >= 11 is 1.77. The Kier molecular flexibility index (Phi) is 4.79. The molecule has 0 aliphatic heterocycles. The van der Waals surface area contributed by atoms with Crippen molar-refractivity contribution >= 4 is 11.8 Å². The molecule has 2 nitrogen and oxygen atoms in total. The Bertz CT molecular complexity index is 468. The van der Waals surface area contributed by atoms with E-state index in [0.29, 0.717) is 6.04 Å². The molecule has 1 unspecified atom stereocenters. The zero-order valence-electron chi connectivity index (χ0n) is 10.8. The van der Waals surface area contributed by atoms with E-state index in [1.165, 1.54) is 10.5 Å². The van der Waals surface area contributed by atoms with Gasteiger partial charge < -0.3 is 5.32 Å². The Labute approximate surface area is 113 Å². The second-order valence-electron chi connectivity index (χ2n) is 4.14. The van der Waals surface area contributed by atoms with Crippen LogP contribution in [0, 0.1) is 0 Å². The number of hydrogen-bond donors (Lipinski definition) is 1. The van der Waals surface area contributed by atoms with E-state index < -0.39 is 0 Å². The zero-order valence-corrected chi connectivity index (χ0v) is 11.6. The van der Waals surface area contributed by atoms with Gasteiger partial charge in [-0.2, -0.15) is 0 Å². The summed E-state index contributed by atoms with van der Waals surface area (Å²) in [5, 5.41) is 3.36. The van der Waals surface area contributed by atoms with Crippen molar-refractivity contribution in [3.63, 3.8) is 0 Å². The average Bonchev–Trinajstić information content (AvgIpc) is 2.46. The highest BCUT2D eigenvalue weighted by atomic mass is 32.2. The molecule has 1 aromatic heterocycles. The van der Waals surface area contributed by atoms with E-state index in [-0.39, 0.29) is 0 Å². The fourth-order valence-corrected chi connectivity index (χ4v) is 2.36. The van der Waals surface area contributed by atoms with Crippen LogP contribution in [0.2, 0.25) is 0 Å². The number of nitrogens with one attached hydrogen (secondary N) is 1. The molecular formula is C15H18N2S. The minimum Gasteiger partial charge on any atom is -0.313 e. The molecule has 94 valence electrons. The molecule has 0 spiro atoms. The van der Waals surface area contributed by atoms with E-state index in [0.717, 1.165) is 12.1 Å². The van der Waals surface area contributed by atoms with Crippen LogP contribution in [0.3, 0.4) is 0 Å². The quantitative estimate of drug-likeness (QED) is 0.833. The maximum Gasteiger partial charge on any atom is 0.0422 e. The van der Waals surface area contributed by atoms with E-state index >= 15 is 0 Å². The van der Waals surface area contributed by atoms with E-state index in [9.17, 15) is 0 Å². The average molecular weight is 258 g/mol. The number of rotatable bonds is 5. The number of pyridine rings is 1. The van der Waals surface area contributed by atoms with Crippen molar-refractivity contribution in [1.82, 2.24) is 10.3 Å². The summed E-state index contributed by atoms with van der Waals surface area (Å²) in [6, 6.07) is 15.1. The van der Waals surface area contributed by atoms with Gasteiger partial charge in [-0.3, -0.25) is 4.98 Å². The van der Waals surface area contributed by atoms with E-state index in [1.54, 1.807) is 11.8 Å².